The van der Waals surface area contributed by atoms with Gasteiger partial charge in [-0.2, -0.15) is 0 Å². The second kappa shape index (κ2) is 6.26. The number of aliphatic hydroxyl groups is 1. The van der Waals surface area contributed by atoms with Gasteiger partial charge in [-0.3, -0.25) is 0 Å². The van der Waals surface area contributed by atoms with Crippen LogP contribution in [0.25, 0.3) is 0 Å². The first-order chi connectivity index (χ1) is 8.36. The van der Waals surface area contributed by atoms with Crippen LogP contribution in [-0.4, -0.2) is 26.2 Å². The molecule has 6 heteroatoms. The minimum absolute atomic E-state index is 0.00484. The van der Waals surface area contributed by atoms with Crippen LogP contribution in [0.15, 0.2) is 23.1 Å². The Morgan fingerprint density at radius 1 is 1.44 bits per heavy atom. The third-order valence-electron chi connectivity index (χ3n) is 2.53. The van der Waals surface area contributed by atoms with E-state index in [4.69, 9.17) is 5.11 Å². The van der Waals surface area contributed by atoms with Gasteiger partial charge in [-0.15, -0.1) is 0 Å². The zero-order chi connectivity index (χ0) is 13.8. The van der Waals surface area contributed by atoms with Gasteiger partial charge >= 0.3 is 0 Å². The zero-order valence-electron chi connectivity index (χ0n) is 10.5. The van der Waals surface area contributed by atoms with Crippen LogP contribution in [0.2, 0.25) is 0 Å². The Morgan fingerprint density at radius 2 is 2.11 bits per heavy atom. The molecule has 18 heavy (non-hydrogen) atoms. The Balaban J connectivity index is 2.89. The number of rotatable bonds is 6. The van der Waals surface area contributed by atoms with Gasteiger partial charge in [0, 0.05) is 12.6 Å². The van der Waals surface area contributed by atoms with Gasteiger partial charge in [-0.1, -0.05) is 6.07 Å². The highest BCUT2D eigenvalue weighted by Gasteiger charge is 2.21. The van der Waals surface area contributed by atoms with Gasteiger partial charge < -0.3 is 5.11 Å². The lowest BCUT2D eigenvalue weighted by Crippen LogP contribution is -2.33. The van der Waals surface area contributed by atoms with E-state index in [0.717, 1.165) is 6.07 Å². The van der Waals surface area contributed by atoms with Crippen LogP contribution >= 0.6 is 0 Å². The molecule has 1 atom stereocenters. The largest absolute Gasteiger partial charge is 0.396 e. The first-order valence-corrected chi connectivity index (χ1v) is 7.24. The van der Waals surface area contributed by atoms with Crippen LogP contribution in [-0.2, 0) is 10.0 Å². The molecule has 0 bridgehead atoms. The molecule has 1 aromatic carbocycles. The number of sulfonamides is 1. The lowest BCUT2D eigenvalue weighted by atomic mass is 10.2. The maximum absolute atomic E-state index is 13.5. The average molecular weight is 275 g/mol. The molecule has 0 aliphatic heterocycles. The normalized spacial score (nSPS) is 13.6. The summed E-state index contributed by atoms with van der Waals surface area (Å²) in [7, 11) is -3.85. The van der Waals surface area contributed by atoms with Crippen molar-refractivity contribution in [3.63, 3.8) is 0 Å². The van der Waals surface area contributed by atoms with E-state index in [1.54, 1.807) is 13.8 Å². The van der Waals surface area contributed by atoms with E-state index in [-0.39, 0.29) is 17.5 Å². The molecule has 1 aromatic rings. The van der Waals surface area contributed by atoms with Crippen LogP contribution in [0.5, 0.6) is 0 Å². The Labute approximate surface area is 107 Å². The summed E-state index contributed by atoms with van der Waals surface area (Å²) in [5, 5.41) is 8.67. The molecular formula is C12H18FNO3S. The van der Waals surface area contributed by atoms with Crippen molar-refractivity contribution < 1.29 is 17.9 Å². The van der Waals surface area contributed by atoms with E-state index in [0.29, 0.717) is 18.4 Å². The molecule has 102 valence electrons. The molecule has 0 aliphatic carbocycles. The second-order valence-electron chi connectivity index (χ2n) is 4.32. The van der Waals surface area contributed by atoms with Gasteiger partial charge in [0.2, 0.25) is 10.0 Å². The van der Waals surface area contributed by atoms with E-state index in [2.05, 4.69) is 4.72 Å². The van der Waals surface area contributed by atoms with Crippen LogP contribution in [0.1, 0.15) is 25.3 Å². The molecule has 1 rings (SSSR count). The summed E-state index contributed by atoms with van der Waals surface area (Å²) < 4.78 is 39.8. The molecule has 1 unspecified atom stereocenters. The maximum atomic E-state index is 13.5. The molecule has 0 fully saturated rings. The summed E-state index contributed by atoms with van der Waals surface area (Å²) in [6, 6.07) is 3.62. The number of hydrogen-bond acceptors (Lipinski definition) is 3. The molecule has 0 saturated heterocycles. The number of aliphatic hydroxyl groups excluding tert-OH is 1. The van der Waals surface area contributed by atoms with Crippen molar-refractivity contribution >= 4 is 10.0 Å². The molecule has 0 aromatic heterocycles. The topological polar surface area (TPSA) is 66.4 Å². The molecule has 0 saturated carbocycles. The summed E-state index contributed by atoms with van der Waals surface area (Å²) in [5.41, 5.74) is 0.680. The van der Waals surface area contributed by atoms with E-state index < -0.39 is 15.8 Å². The lowest BCUT2D eigenvalue weighted by molar-refractivity contribution is 0.279. The predicted octanol–water partition coefficient (Wildman–Crippen LogP) is 1.57. The molecule has 2 N–H and O–H groups in total. The van der Waals surface area contributed by atoms with Crippen molar-refractivity contribution in [1.29, 1.82) is 0 Å². The molecule has 0 amide bonds. The van der Waals surface area contributed by atoms with E-state index in [1.807, 2.05) is 0 Å². The Kier molecular flexibility index (Phi) is 5.25. The van der Waals surface area contributed by atoms with Gasteiger partial charge in [0.15, 0.2) is 0 Å². The minimum atomic E-state index is -3.85. The maximum Gasteiger partial charge on any atom is 0.243 e. The zero-order valence-corrected chi connectivity index (χ0v) is 11.3. The number of aryl methyl sites for hydroxylation is 1. The average Bonchev–Trinajstić information content (AvgIpc) is 2.29. The third kappa shape index (κ3) is 4.04. The smallest absolute Gasteiger partial charge is 0.243 e. The van der Waals surface area contributed by atoms with Gasteiger partial charge in [-0.05, 0) is 44.4 Å². The van der Waals surface area contributed by atoms with Crippen molar-refractivity contribution in [1.82, 2.24) is 4.72 Å². The Bertz CT molecular complexity index is 502. The predicted molar refractivity (Wildman–Crippen MR) is 67.2 cm³/mol. The fraction of sp³-hybridized carbons (Fsp3) is 0.500. The fourth-order valence-electron chi connectivity index (χ4n) is 1.60. The van der Waals surface area contributed by atoms with Crippen LogP contribution in [0.4, 0.5) is 4.39 Å². The van der Waals surface area contributed by atoms with Crippen LogP contribution in [0.3, 0.4) is 0 Å². The SMILES string of the molecule is Cc1ccc(F)c(S(=O)(=O)NC(C)CCCO)c1. The number of halogens is 1. The van der Waals surface area contributed by atoms with E-state index >= 15 is 0 Å². The first-order valence-electron chi connectivity index (χ1n) is 5.76. The number of nitrogens with one attached hydrogen (secondary N) is 1. The first kappa shape index (κ1) is 15.1. The summed E-state index contributed by atoms with van der Waals surface area (Å²) in [5.74, 6) is -0.762. The van der Waals surface area contributed by atoms with Crippen LogP contribution in [0, 0.1) is 12.7 Å². The lowest BCUT2D eigenvalue weighted by Gasteiger charge is -2.14. The highest BCUT2D eigenvalue weighted by atomic mass is 32.2. The van der Waals surface area contributed by atoms with E-state index in [1.165, 1.54) is 12.1 Å². The van der Waals surface area contributed by atoms with Crippen molar-refractivity contribution in [2.45, 2.75) is 37.6 Å². The van der Waals surface area contributed by atoms with Crippen LogP contribution < -0.4 is 4.72 Å². The van der Waals surface area contributed by atoms with E-state index in [9.17, 15) is 12.8 Å². The number of hydrogen-bond donors (Lipinski definition) is 2. The fourth-order valence-corrected chi connectivity index (χ4v) is 3.04. The van der Waals surface area contributed by atoms with Crippen molar-refractivity contribution in [3.8, 4) is 0 Å². The molecule has 0 heterocycles. The molecule has 0 aliphatic rings. The van der Waals surface area contributed by atoms with Gasteiger partial charge in [0.25, 0.3) is 0 Å². The van der Waals surface area contributed by atoms with Crippen molar-refractivity contribution in [3.05, 3.63) is 29.6 Å². The van der Waals surface area contributed by atoms with Gasteiger partial charge in [0.1, 0.15) is 10.7 Å². The van der Waals surface area contributed by atoms with Crippen molar-refractivity contribution in [2.24, 2.45) is 0 Å². The quantitative estimate of drug-likeness (QED) is 0.828. The summed E-state index contributed by atoms with van der Waals surface area (Å²) >= 11 is 0. The Hall–Kier alpha value is -0.980. The molecule has 0 radical (unpaired) electrons. The number of benzene rings is 1. The van der Waals surface area contributed by atoms with Crippen molar-refractivity contribution in [2.75, 3.05) is 6.61 Å². The molecule has 4 nitrogen and oxygen atoms in total. The standard InChI is InChI=1S/C12H18FNO3S/c1-9-5-6-11(13)12(8-9)18(16,17)14-10(2)4-3-7-15/h5-6,8,10,14-15H,3-4,7H2,1-2H3. The highest BCUT2D eigenvalue weighted by molar-refractivity contribution is 7.89. The monoisotopic (exact) mass is 275 g/mol. The third-order valence-corrected chi connectivity index (χ3v) is 4.13. The highest BCUT2D eigenvalue weighted by Crippen LogP contribution is 2.16. The molecular weight excluding hydrogens is 257 g/mol. The molecule has 0 spiro atoms. The van der Waals surface area contributed by atoms with Gasteiger partial charge in [0.05, 0.1) is 0 Å². The van der Waals surface area contributed by atoms with Gasteiger partial charge in [-0.25, -0.2) is 17.5 Å². The summed E-state index contributed by atoms with van der Waals surface area (Å²) in [6.45, 7) is 3.39. The minimum Gasteiger partial charge on any atom is -0.396 e. The second-order valence-corrected chi connectivity index (χ2v) is 6.00. The summed E-state index contributed by atoms with van der Waals surface area (Å²) in [4.78, 5) is -0.335. The summed E-state index contributed by atoms with van der Waals surface area (Å²) in [6.07, 6.45) is 1.00. The Morgan fingerprint density at radius 3 is 2.72 bits per heavy atom.